The van der Waals surface area contributed by atoms with Crippen LogP contribution in [0.1, 0.15) is 6.42 Å². The smallest absolute Gasteiger partial charge is 0.264 e. The highest BCUT2D eigenvalue weighted by molar-refractivity contribution is 7.89. The number of aromatic nitrogens is 3. The van der Waals surface area contributed by atoms with Crippen LogP contribution < -0.4 is 10.5 Å². The molecular formula is C14H18Cl2N6O4S. The Morgan fingerprint density at radius 1 is 1.33 bits per heavy atom. The van der Waals surface area contributed by atoms with Gasteiger partial charge in [0.15, 0.2) is 0 Å². The maximum Gasteiger partial charge on any atom is 0.264 e. The van der Waals surface area contributed by atoms with E-state index in [1.807, 2.05) is 0 Å². The highest BCUT2D eigenvalue weighted by atomic mass is 35.5. The van der Waals surface area contributed by atoms with Gasteiger partial charge in [0.2, 0.25) is 10.0 Å². The molecule has 0 radical (unpaired) electrons. The lowest BCUT2D eigenvalue weighted by molar-refractivity contribution is -0.170. The Morgan fingerprint density at radius 2 is 1.89 bits per heavy atom. The molecule has 13 heteroatoms. The highest BCUT2D eigenvalue weighted by Gasteiger charge is 2.29. The molecule has 3 N–H and O–H groups in total. The summed E-state index contributed by atoms with van der Waals surface area (Å²) in [5, 5.41) is 8.74. The quantitative estimate of drug-likeness (QED) is 0.464. The third kappa shape index (κ3) is 5.30. The molecule has 0 saturated heterocycles. The van der Waals surface area contributed by atoms with Gasteiger partial charge >= 0.3 is 0 Å². The van der Waals surface area contributed by atoms with Crippen LogP contribution >= 0.6 is 23.2 Å². The Bertz CT molecular complexity index is 883. The Kier molecular flexibility index (Phi) is 7.00. The molecule has 27 heavy (non-hydrogen) atoms. The molecule has 2 rings (SSSR count). The van der Waals surface area contributed by atoms with E-state index < -0.39 is 22.0 Å². The number of carbonyl (C=O) groups is 1. The van der Waals surface area contributed by atoms with E-state index in [2.05, 4.69) is 14.9 Å². The second-order valence-corrected chi connectivity index (χ2v) is 7.93. The number of hydrogen-bond donors (Lipinski definition) is 2. The molecule has 1 amide bonds. The third-order valence-corrected chi connectivity index (χ3v) is 5.70. The van der Waals surface area contributed by atoms with Crippen molar-refractivity contribution in [3.63, 3.8) is 0 Å². The van der Waals surface area contributed by atoms with E-state index in [1.165, 1.54) is 31.3 Å². The van der Waals surface area contributed by atoms with Crippen LogP contribution in [-0.2, 0) is 26.2 Å². The first kappa shape index (κ1) is 21.4. The van der Waals surface area contributed by atoms with Gasteiger partial charge in [-0.05, 0) is 18.6 Å². The molecule has 1 aromatic heterocycles. The second kappa shape index (κ2) is 8.85. The van der Waals surface area contributed by atoms with Gasteiger partial charge in [-0.25, -0.2) is 13.5 Å². The predicted molar refractivity (Wildman–Crippen MR) is 99.4 cm³/mol. The number of hydroxylamine groups is 2. The van der Waals surface area contributed by atoms with Gasteiger partial charge in [-0.15, -0.1) is 0 Å². The summed E-state index contributed by atoms with van der Waals surface area (Å²) in [6.45, 7) is 0.201. The van der Waals surface area contributed by atoms with Crippen molar-refractivity contribution < 1.29 is 18.0 Å². The topological polar surface area (TPSA) is 132 Å². The molecule has 1 heterocycles. The van der Waals surface area contributed by atoms with Gasteiger partial charge in [0, 0.05) is 7.05 Å². The number of rotatable bonds is 8. The first-order chi connectivity index (χ1) is 12.7. The molecule has 148 valence electrons. The summed E-state index contributed by atoms with van der Waals surface area (Å²) in [6.07, 6.45) is 3.03. The van der Waals surface area contributed by atoms with Crippen molar-refractivity contribution in [2.75, 3.05) is 19.9 Å². The standard InChI is InChI=1S/C14H18Cl2N6O4S/c1-21(26-2)14(23)12(3-6-22-18-4-5-19-22)20-27(24,25)9-7-10(15)13(17)11(16)8-9/h4-5,7-8,12,20H,3,6,17H2,1-2H3. The number of halogens is 2. The number of amides is 1. The molecule has 1 atom stereocenters. The maximum absolute atomic E-state index is 12.7. The van der Waals surface area contributed by atoms with Crippen LogP contribution in [0.4, 0.5) is 5.69 Å². The molecule has 1 unspecified atom stereocenters. The van der Waals surface area contributed by atoms with E-state index in [4.69, 9.17) is 33.8 Å². The van der Waals surface area contributed by atoms with Crippen molar-refractivity contribution in [2.24, 2.45) is 0 Å². The summed E-state index contributed by atoms with van der Waals surface area (Å²) in [7, 11) is -1.47. The Hall–Kier alpha value is -1.92. The van der Waals surface area contributed by atoms with E-state index in [-0.39, 0.29) is 33.6 Å². The molecule has 2 aromatic rings. The fraction of sp³-hybridized carbons (Fsp3) is 0.357. The minimum absolute atomic E-state index is 0.0134. The zero-order valence-corrected chi connectivity index (χ0v) is 16.8. The number of nitrogen functional groups attached to an aromatic ring is 1. The number of anilines is 1. The summed E-state index contributed by atoms with van der Waals surface area (Å²) in [5.41, 5.74) is 5.69. The first-order valence-corrected chi connectivity index (χ1v) is 9.82. The minimum Gasteiger partial charge on any atom is -0.396 e. The van der Waals surface area contributed by atoms with Crippen LogP contribution in [0.15, 0.2) is 29.4 Å². The summed E-state index contributed by atoms with van der Waals surface area (Å²) in [5.74, 6) is -0.596. The van der Waals surface area contributed by atoms with E-state index in [1.54, 1.807) is 0 Å². The summed E-state index contributed by atoms with van der Waals surface area (Å²) in [4.78, 5) is 18.4. The first-order valence-electron chi connectivity index (χ1n) is 7.58. The number of aryl methyl sites for hydroxylation is 1. The average Bonchev–Trinajstić information content (AvgIpc) is 3.14. The molecular weight excluding hydrogens is 419 g/mol. The molecule has 10 nitrogen and oxygen atoms in total. The lowest BCUT2D eigenvalue weighted by Crippen LogP contribution is -2.47. The summed E-state index contributed by atoms with van der Waals surface area (Å²) in [6, 6.07) is 1.17. The lowest BCUT2D eigenvalue weighted by atomic mass is 10.2. The third-order valence-electron chi connectivity index (χ3n) is 3.63. The van der Waals surface area contributed by atoms with Crippen molar-refractivity contribution in [2.45, 2.75) is 23.9 Å². The number of nitrogens with zero attached hydrogens (tertiary/aromatic N) is 4. The van der Waals surface area contributed by atoms with Gasteiger partial charge in [0.05, 0.1) is 46.7 Å². The fourth-order valence-electron chi connectivity index (χ4n) is 2.12. The van der Waals surface area contributed by atoms with E-state index in [0.29, 0.717) is 0 Å². The number of likely N-dealkylation sites (N-methyl/N-ethyl adjacent to an activating group) is 1. The molecule has 0 aliphatic rings. The van der Waals surface area contributed by atoms with E-state index in [0.717, 1.165) is 17.2 Å². The summed E-state index contributed by atoms with van der Waals surface area (Å²) >= 11 is 11.8. The number of sulfonamides is 1. The molecule has 0 bridgehead atoms. The number of nitrogens with two attached hydrogens (primary N) is 1. The van der Waals surface area contributed by atoms with Crippen molar-refractivity contribution >= 4 is 44.8 Å². The molecule has 0 saturated carbocycles. The van der Waals surface area contributed by atoms with Crippen LogP contribution in [-0.4, -0.2) is 54.6 Å². The van der Waals surface area contributed by atoms with E-state index in [9.17, 15) is 13.2 Å². The van der Waals surface area contributed by atoms with Crippen molar-refractivity contribution in [3.8, 4) is 0 Å². The Labute approximate surface area is 166 Å². The normalized spacial score (nSPS) is 12.7. The fourth-order valence-corrected chi connectivity index (χ4v) is 4.01. The van der Waals surface area contributed by atoms with Crippen molar-refractivity contribution in [1.82, 2.24) is 24.8 Å². The van der Waals surface area contributed by atoms with Crippen LogP contribution in [0.2, 0.25) is 10.0 Å². The van der Waals surface area contributed by atoms with Gasteiger partial charge in [-0.3, -0.25) is 9.63 Å². The second-order valence-electron chi connectivity index (χ2n) is 5.41. The molecule has 0 fully saturated rings. The number of carbonyl (C=O) groups excluding carboxylic acids is 1. The van der Waals surface area contributed by atoms with Crippen LogP contribution in [0.25, 0.3) is 0 Å². The zero-order chi connectivity index (χ0) is 20.2. The van der Waals surface area contributed by atoms with Crippen molar-refractivity contribution in [3.05, 3.63) is 34.6 Å². The van der Waals surface area contributed by atoms with Crippen LogP contribution in [0, 0.1) is 0 Å². The predicted octanol–water partition coefficient (Wildman–Crippen LogP) is 0.924. The Balaban J connectivity index is 2.27. The highest BCUT2D eigenvalue weighted by Crippen LogP contribution is 2.30. The Morgan fingerprint density at radius 3 is 2.41 bits per heavy atom. The zero-order valence-electron chi connectivity index (χ0n) is 14.5. The van der Waals surface area contributed by atoms with Gasteiger partial charge in [-0.1, -0.05) is 23.2 Å². The van der Waals surface area contributed by atoms with Gasteiger partial charge in [0.25, 0.3) is 5.91 Å². The SMILES string of the molecule is CON(C)C(=O)C(CCn1nccn1)NS(=O)(=O)c1cc(Cl)c(N)c(Cl)c1. The lowest BCUT2D eigenvalue weighted by Gasteiger charge is -2.22. The van der Waals surface area contributed by atoms with Gasteiger partial charge in [0.1, 0.15) is 6.04 Å². The monoisotopic (exact) mass is 436 g/mol. The minimum atomic E-state index is -4.13. The van der Waals surface area contributed by atoms with Gasteiger partial charge < -0.3 is 5.73 Å². The molecule has 0 aliphatic carbocycles. The molecule has 1 aromatic carbocycles. The number of nitrogens with one attached hydrogen (secondary N) is 1. The average molecular weight is 437 g/mol. The van der Waals surface area contributed by atoms with Gasteiger partial charge in [-0.2, -0.15) is 19.7 Å². The van der Waals surface area contributed by atoms with E-state index >= 15 is 0 Å². The summed E-state index contributed by atoms with van der Waals surface area (Å²) < 4.78 is 27.8. The number of hydrogen-bond acceptors (Lipinski definition) is 7. The molecule has 0 aliphatic heterocycles. The molecule has 0 spiro atoms. The van der Waals surface area contributed by atoms with Crippen LogP contribution in [0.5, 0.6) is 0 Å². The number of benzene rings is 1. The van der Waals surface area contributed by atoms with Crippen molar-refractivity contribution in [1.29, 1.82) is 0 Å². The largest absolute Gasteiger partial charge is 0.396 e. The van der Waals surface area contributed by atoms with Crippen LogP contribution in [0.3, 0.4) is 0 Å². The maximum atomic E-state index is 12.7.